The summed E-state index contributed by atoms with van der Waals surface area (Å²) in [6.07, 6.45) is 6.52. The third-order valence-electron chi connectivity index (χ3n) is 5.07. The molecule has 9 heteroatoms. The molecule has 0 amide bonds. The standard InChI is InChI=1S/C19H21Cl2N5O2/c1-27-12-6-13(28-2)16(21)14(15(12)20)11-5-10-8-24-18(22)25-17(10)19(23,26-11)7-9-3-4-9/h5-6,8-9,26H,3-4,7,23H2,1-2H3,(H2,22,24,25). The zero-order valence-electron chi connectivity index (χ0n) is 15.6. The summed E-state index contributed by atoms with van der Waals surface area (Å²) in [5, 5.41) is 4.12. The minimum absolute atomic E-state index is 0.183. The van der Waals surface area contributed by atoms with Gasteiger partial charge in [-0.15, -0.1) is 0 Å². The number of ether oxygens (including phenoxy) is 2. The van der Waals surface area contributed by atoms with E-state index in [1.54, 1.807) is 12.3 Å². The number of methoxy groups -OCH3 is 2. The van der Waals surface area contributed by atoms with E-state index in [1.807, 2.05) is 6.08 Å². The van der Waals surface area contributed by atoms with Crippen LogP contribution in [0.2, 0.25) is 10.0 Å². The average molecular weight is 422 g/mol. The number of rotatable bonds is 5. The topological polar surface area (TPSA) is 108 Å². The van der Waals surface area contributed by atoms with Gasteiger partial charge in [-0.1, -0.05) is 36.0 Å². The molecule has 0 bridgehead atoms. The number of nitrogen functional groups attached to an aromatic ring is 1. The lowest BCUT2D eigenvalue weighted by molar-refractivity contribution is 0.335. The maximum Gasteiger partial charge on any atom is 0.220 e. The first-order chi connectivity index (χ1) is 13.4. The van der Waals surface area contributed by atoms with Gasteiger partial charge in [-0.3, -0.25) is 0 Å². The van der Waals surface area contributed by atoms with Gasteiger partial charge in [0.05, 0.1) is 30.0 Å². The molecule has 1 aliphatic carbocycles. The lowest BCUT2D eigenvalue weighted by Crippen LogP contribution is -2.52. The van der Waals surface area contributed by atoms with Crippen LogP contribution in [0, 0.1) is 5.92 Å². The minimum atomic E-state index is -0.916. The van der Waals surface area contributed by atoms with Crippen LogP contribution in [-0.2, 0) is 5.66 Å². The van der Waals surface area contributed by atoms with Gasteiger partial charge in [0.2, 0.25) is 5.95 Å². The van der Waals surface area contributed by atoms with E-state index in [4.69, 9.17) is 44.1 Å². The molecule has 2 aliphatic rings. The second-order valence-electron chi connectivity index (χ2n) is 7.12. The van der Waals surface area contributed by atoms with E-state index in [0.29, 0.717) is 50.8 Å². The molecule has 1 aromatic carbocycles. The van der Waals surface area contributed by atoms with Crippen molar-refractivity contribution < 1.29 is 9.47 Å². The Hall–Kier alpha value is -2.22. The maximum absolute atomic E-state index is 6.80. The number of nitrogens with two attached hydrogens (primary N) is 2. The molecule has 148 valence electrons. The molecule has 2 heterocycles. The summed E-state index contributed by atoms with van der Waals surface area (Å²) in [6.45, 7) is 0. The lowest BCUT2D eigenvalue weighted by Gasteiger charge is -2.37. The fourth-order valence-electron chi connectivity index (χ4n) is 3.54. The third kappa shape index (κ3) is 3.23. The molecule has 0 spiro atoms. The van der Waals surface area contributed by atoms with Crippen LogP contribution in [-0.4, -0.2) is 24.2 Å². The van der Waals surface area contributed by atoms with E-state index >= 15 is 0 Å². The van der Waals surface area contributed by atoms with Gasteiger partial charge < -0.3 is 26.3 Å². The summed E-state index contributed by atoms with van der Waals surface area (Å²) in [5.41, 5.74) is 14.3. The van der Waals surface area contributed by atoms with Gasteiger partial charge in [-0.2, -0.15) is 0 Å². The highest BCUT2D eigenvalue weighted by Crippen LogP contribution is 2.47. The number of hydrogen-bond acceptors (Lipinski definition) is 7. The van der Waals surface area contributed by atoms with E-state index in [9.17, 15) is 0 Å². The number of anilines is 1. The fourth-order valence-corrected chi connectivity index (χ4v) is 4.24. The highest BCUT2D eigenvalue weighted by molar-refractivity contribution is 6.39. The summed E-state index contributed by atoms with van der Waals surface area (Å²) in [4.78, 5) is 8.52. The van der Waals surface area contributed by atoms with Crippen molar-refractivity contribution in [1.29, 1.82) is 0 Å². The number of benzene rings is 1. The molecule has 1 aliphatic heterocycles. The van der Waals surface area contributed by atoms with E-state index < -0.39 is 5.66 Å². The molecule has 1 fully saturated rings. The summed E-state index contributed by atoms with van der Waals surface area (Å²) in [5.74, 6) is 1.61. The first-order valence-electron chi connectivity index (χ1n) is 8.88. The van der Waals surface area contributed by atoms with Crippen LogP contribution in [0.15, 0.2) is 12.3 Å². The Kier molecular flexibility index (Phi) is 4.77. The molecule has 28 heavy (non-hydrogen) atoms. The monoisotopic (exact) mass is 421 g/mol. The van der Waals surface area contributed by atoms with Gasteiger partial charge >= 0.3 is 0 Å². The highest BCUT2D eigenvalue weighted by Gasteiger charge is 2.41. The molecule has 7 nitrogen and oxygen atoms in total. The number of hydrogen-bond donors (Lipinski definition) is 3. The molecule has 5 N–H and O–H groups in total. The van der Waals surface area contributed by atoms with Gasteiger partial charge in [0.15, 0.2) is 0 Å². The predicted octanol–water partition coefficient (Wildman–Crippen LogP) is 3.40. The van der Waals surface area contributed by atoms with Gasteiger partial charge in [-0.05, 0) is 18.4 Å². The largest absolute Gasteiger partial charge is 0.495 e. The smallest absolute Gasteiger partial charge is 0.220 e. The van der Waals surface area contributed by atoms with Crippen molar-refractivity contribution >= 4 is 40.9 Å². The zero-order valence-corrected chi connectivity index (χ0v) is 17.1. The second kappa shape index (κ2) is 6.99. The highest BCUT2D eigenvalue weighted by atomic mass is 35.5. The number of fused-ring (bicyclic) bond motifs is 1. The fraction of sp³-hybridized carbons (Fsp3) is 0.368. The van der Waals surface area contributed by atoms with E-state index in [0.717, 1.165) is 18.4 Å². The molecule has 1 aromatic heterocycles. The van der Waals surface area contributed by atoms with E-state index in [-0.39, 0.29) is 5.95 Å². The van der Waals surface area contributed by atoms with Crippen molar-refractivity contribution in [1.82, 2.24) is 15.3 Å². The first-order valence-corrected chi connectivity index (χ1v) is 9.64. The van der Waals surface area contributed by atoms with Gasteiger partial charge in [0, 0.05) is 29.1 Å². The van der Waals surface area contributed by atoms with Crippen LogP contribution in [0.1, 0.15) is 36.1 Å². The van der Waals surface area contributed by atoms with Gasteiger partial charge in [-0.25, -0.2) is 9.97 Å². The number of nitrogens with zero attached hydrogens (tertiary/aromatic N) is 2. The normalized spacial score (nSPS) is 20.8. The number of halogens is 2. The van der Waals surface area contributed by atoms with Crippen molar-refractivity contribution in [3.63, 3.8) is 0 Å². The Morgan fingerprint density at radius 1 is 1.21 bits per heavy atom. The molecule has 4 rings (SSSR count). The molecular formula is C19H21Cl2N5O2. The van der Waals surface area contributed by atoms with Crippen LogP contribution in [0.4, 0.5) is 5.95 Å². The second-order valence-corrected chi connectivity index (χ2v) is 7.87. The van der Waals surface area contributed by atoms with Crippen LogP contribution in [0.5, 0.6) is 11.5 Å². The molecule has 0 saturated heterocycles. The summed E-state index contributed by atoms with van der Waals surface area (Å²) >= 11 is 13.2. The van der Waals surface area contributed by atoms with Crippen LogP contribution in [0.3, 0.4) is 0 Å². The maximum atomic E-state index is 6.80. The van der Waals surface area contributed by atoms with Crippen molar-refractivity contribution in [3.8, 4) is 11.5 Å². The van der Waals surface area contributed by atoms with Crippen LogP contribution in [0.25, 0.3) is 11.8 Å². The lowest BCUT2D eigenvalue weighted by atomic mass is 9.90. The van der Waals surface area contributed by atoms with Crippen molar-refractivity contribution in [2.24, 2.45) is 11.7 Å². The minimum Gasteiger partial charge on any atom is -0.495 e. The molecule has 0 radical (unpaired) electrons. The van der Waals surface area contributed by atoms with Crippen LogP contribution >= 0.6 is 23.2 Å². The average Bonchev–Trinajstić information content (AvgIpc) is 3.46. The van der Waals surface area contributed by atoms with E-state index in [1.165, 1.54) is 14.2 Å². The van der Waals surface area contributed by atoms with E-state index in [2.05, 4.69) is 15.3 Å². The molecular weight excluding hydrogens is 401 g/mol. The first kappa shape index (κ1) is 19.1. The Bertz CT molecular complexity index is 949. The summed E-state index contributed by atoms with van der Waals surface area (Å²) < 4.78 is 10.8. The van der Waals surface area contributed by atoms with Gasteiger partial charge in [0.1, 0.15) is 17.2 Å². The molecule has 2 aromatic rings. The van der Waals surface area contributed by atoms with Crippen molar-refractivity contribution in [3.05, 3.63) is 39.1 Å². The zero-order chi connectivity index (χ0) is 20.1. The van der Waals surface area contributed by atoms with Crippen molar-refractivity contribution in [2.45, 2.75) is 24.9 Å². The number of aromatic nitrogens is 2. The SMILES string of the molecule is COc1cc(OC)c(Cl)c(C2=Cc3cnc(N)nc3C(N)(CC3CC3)N2)c1Cl. The number of nitrogens with one attached hydrogen (secondary N) is 1. The Morgan fingerprint density at radius 3 is 2.43 bits per heavy atom. The van der Waals surface area contributed by atoms with Crippen LogP contribution < -0.4 is 26.3 Å². The van der Waals surface area contributed by atoms with Gasteiger partial charge in [0.25, 0.3) is 0 Å². The Labute approximate surface area is 173 Å². The third-order valence-corrected chi connectivity index (χ3v) is 5.82. The summed E-state index contributed by atoms with van der Waals surface area (Å²) in [7, 11) is 3.07. The molecule has 1 saturated carbocycles. The quantitative estimate of drug-likeness (QED) is 0.678. The molecule has 1 atom stereocenters. The summed E-state index contributed by atoms with van der Waals surface area (Å²) in [6, 6.07) is 1.65. The predicted molar refractivity (Wildman–Crippen MR) is 110 cm³/mol. The van der Waals surface area contributed by atoms with Crippen molar-refractivity contribution in [2.75, 3.05) is 20.0 Å². The Morgan fingerprint density at radius 2 is 1.86 bits per heavy atom. The molecule has 1 unspecified atom stereocenters. The Balaban J connectivity index is 1.90.